The highest BCUT2D eigenvalue weighted by molar-refractivity contribution is 9.10. The summed E-state index contributed by atoms with van der Waals surface area (Å²) in [4.78, 5) is 11.9. The number of hydrazine groups is 1. The van der Waals surface area contributed by atoms with Crippen molar-refractivity contribution >= 4 is 37.6 Å². The topological polar surface area (TPSA) is 96.5 Å². The molecular formula is C13H18BrN3O4S. The summed E-state index contributed by atoms with van der Waals surface area (Å²) in [6, 6.07) is 6.47. The molecule has 1 aromatic carbocycles. The fourth-order valence-corrected chi connectivity index (χ4v) is 4.30. The van der Waals surface area contributed by atoms with Crippen molar-refractivity contribution < 1.29 is 17.9 Å². The number of anilines is 1. The second-order valence-corrected chi connectivity index (χ2v) is 7.65. The Bertz CT molecular complexity index is 652. The molecule has 1 aromatic rings. The van der Waals surface area contributed by atoms with Gasteiger partial charge in [-0.25, -0.2) is 13.8 Å². The van der Waals surface area contributed by atoms with Crippen LogP contribution in [0.2, 0.25) is 0 Å². The zero-order chi connectivity index (χ0) is 16.3. The highest BCUT2D eigenvalue weighted by Crippen LogP contribution is 2.25. The molecule has 22 heavy (non-hydrogen) atoms. The van der Waals surface area contributed by atoms with Gasteiger partial charge in [0, 0.05) is 16.2 Å². The van der Waals surface area contributed by atoms with E-state index in [9.17, 15) is 13.2 Å². The lowest BCUT2D eigenvalue weighted by Gasteiger charge is -2.20. The predicted molar refractivity (Wildman–Crippen MR) is 86.3 cm³/mol. The van der Waals surface area contributed by atoms with Crippen LogP contribution in [0.4, 0.5) is 5.69 Å². The second kappa shape index (κ2) is 6.95. The molecule has 1 aliphatic heterocycles. The first-order valence-corrected chi connectivity index (χ1v) is 9.09. The Labute approximate surface area is 138 Å². The summed E-state index contributed by atoms with van der Waals surface area (Å²) in [7, 11) is -2.57. The number of halogens is 1. The fraction of sp³-hybridized carbons (Fsp3) is 0.462. The Morgan fingerprint density at radius 2 is 2.14 bits per heavy atom. The van der Waals surface area contributed by atoms with Crippen molar-refractivity contribution in [3.8, 4) is 0 Å². The number of ether oxygens (including phenoxy) is 1. The van der Waals surface area contributed by atoms with Crippen molar-refractivity contribution in [2.45, 2.75) is 24.8 Å². The highest BCUT2D eigenvalue weighted by atomic mass is 79.9. The lowest BCUT2D eigenvalue weighted by Crippen LogP contribution is -2.44. The minimum absolute atomic E-state index is 0.309. The molecule has 3 atom stereocenters. The van der Waals surface area contributed by atoms with Crippen LogP contribution in [0.3, 0.4) is 0 Å². The first-order chi connectivity index (χ1) is 10.4. The maximum absolute atomic E-state index is 12.6. The minimum Gasteiger partial charge on any atom is -0.469 e. The molecule has 1 fully saturated rings. The van der Waals surface area contributed by atoms with E-state index in [1.165, 1.54) is 7.11 Å². The molecule has 122 valence electrons. The van der Waals surface area contributed by atoms with E-state index in [1.807, 2.05) is 6.92 Å². The lowest BCUT2D eigenvalue weighted by molar-refractivity contribution is -0.145. The van der Waals surface area contributed by atoms with Crippen molar-refractivity contribution in [1.29, 1.82) is 0 Å². The summed E-state index contributed by atoms with van der Waals surface area (Å²) in [6.07, 6.45) is 0.593. The maximum atomic E-state index is 12.6. The van der Waals surface area contributed by atoms with E-state index in [0.717, 1.165) is 4.47 Å². The SMILES string of the molecule is CCC1NNC(S(=O)(=O)Nc2cccc(Br)c2)C1C(=O)OC. The van der Waals surface area contributed by atoms with Crippen LogP contribution in [0.15, 0.2) is 28.7 Å². The number of esters is 1. The van der Waals surface area contributed by atoms with E-state index in [0.29, 0.717) is 12.1 Å². The Morgan fingerprint density at radius 3 is 2.73 bits per heavy atom. The van der Waals surface area contributed by atoms with Crippen LogP contribution < -0.4 is 15.6 Å². The van der Waals surface area contributed by atoms with Gasteiger partial charge in [-0.15, -0.1) is 0 Å². The third kappa shape index (κ3) is 3.60. The smallest absolute Gasteiger partial charge is 0.313 e. The first-order valence-electron chi connectivity index (χ1n) is 6.75. The average Bonchev–Trinajstić information content (AvgIpc) is 2.90. The largest absolute Gasteiger partial charge is 0.469 e. The van der Waals surface area contributed by atoms with Crippen molar-refractivity contribution in [2.24, 2.45) is 5.92 Å². The van der Waals surface area contributed by atoms with Crippen molar-refractivity contribution in [2.75, 3.05) is 11.8 Å². The van der Waals surface area contributed by atoms with Gasteiger partial charge in [-0.3, -0.25) is 14.9 Å². The van der Waals surface area contributed by atoms with Gasteiger partial charge < -0.3 is 4.74 Å². The van der Waals surface area contributed by atoms with E-state index < -0.39 is 27.3 Å². The quantitative estimate of drug-likeness (QED) is 0.652. The molecule has 0 bridgehead atoms. The molecule has 0 aromatic heterocycles. The molecular weight excluding hydrogens is 374 g/mol. The van der Waals surface area contributed by atoms with E-state index in [2.05, 4.69) is 31.5 Å². The van der Waals surface area contributed by atoms with Crippen molar-refractivity contribution in [3.63, 3.8) is 0 Å². The van der Waals surface area contributed by atoms with E-state index in [4.69, 9.17) is 4.74 Å². The van der Waals surface area contributed by atoms with Crippen LogP contribution in [0.1, 0.15) is 13.3 Å². The van der Waals surface area contributed by atoms with Gasteiger partial charge >= 0.3 is 5.97 Å². The summed E-state index contributed by atoms with van der Waals surface area (Å²) in [5.74, 6) is -1.38. The molecule has 0 aliphatic carbocycles. The number of carbonyl (C=O) groups excluding carboxylic acids is 1. The third-order valence-electron chi connectivity index (χ3n) is 3.50. The van der Waals surface area contributed by atoms with Crippen molar-refractivity contribution in [3.05, 3.63) is 28.7 Å². The molecule has 0 radical (unpaired) electrons. The Balaban J connectivity index is 2.25. The molecule has 1 heterocycles. The number of rotatable bonds is 5. The zero-order valence-corrected chi connectivity index (χ0v) is 14.6. The fourth-order valence-electron chi connectivity index (χ4n) is 2.41. The second-order valence-electron chi connectivity index (χ2n) is 4.93. The molecule has 3 N–H and O–H groups in total. The zero-order valence-electron chi connectivity index (χ0n) is 12.2. The van der Waals surface area contributed by atoms with Gasteiger partial charge in [0.05, 0.1) is 7.11 Å². The molecule has 7 nitrogen and oxygen atoms in total. The van der Waals surface area contributed by atoms with Crippen LogP contribution in [-0.2, 0) is 19.6 Å². The van der Waals surface area contributed by atoms with Crippen LogP contribution >= 0.6 is 15.9 Å². The molecule has 3 unspecified atom stereocenters. The number of hydrogen-bond donors (Lipinski definition) is 3. The first kappa shape index (κ1) is 17.2. The van der Waals surface area contributed by atoms with Gasteiger partial charge in [0.15, 0.2) is 5.37 Å². The number of nitrogens with one attached hydrogen (secondary N) is 3. The molecule has 1 saturated heterocycles. The van der Waals surface area contributed by atoms with Gasteiger partial charge in [-0.2, -0.15) is 0 Å². The van der Waals surface area contributed by atoms with Gasteiger partial charge in [0.2, 0.25) is 0 Å². The molecule has 1 aliphatic rings. The monoisotopic (exact) mass is 391 g/mol. The highest BCUT2D eigenvalue weighted by Gasteiger charge is 2.47. The Kier molecular flexibility index (Phi) is 5.43. The van der Waals surface area contributed by atoms with Crippen LogP contribution in [-0.4, -0.2) is 32.9 Å². The van der Waals surface area contributed by atoms with Crippen LogP contribution in [0.5, 0.6) is 0 Å². The summed E-state index contributed by atoms with van der Waals surface area (Å²) >= 11 is 3.28. The standard InChI is InChI=1S/C13H18BrN3O4S/c1-3-10-11(13(18)21-2)12(16-15-10)22(19,20)17-9-6-4-5-8(14)7-9/h4-7,10-12,15-17H,3H2,1-2H3. The molecule has 2 rings (SSSR count). The number of methoxy groups -OCH3 is 1. The van der Waals surface area contributed by atoms with Crippen molar-refractivity contribution in [1.82, 2.24) is 10.9 Å². The summed E-state index contributed by atoms with van der Waals surface area (Å²) < 4.78 is 33.1. The van der Waals surface area contributed by atoms with Gasteiger partial charge in [0.25, 0.3) is 10.0 Å². The van der Waals surface area contributed by atoms with Gasteiger partial charge in [0.1, 0.15) is 5.92 Å². The number of benzene rings is 1. The molecule has 9 heteroatoms. The lowest BCUT2D eigenvalue weighted by atomic mass is 10.00. The van der Waals surface area contributed by atoms with Gasteiger partial charge in [-0.1, -0.05) is 28.9 Å². The minimum atomic E-state index is -3.82. The molecule has 0 spiro atoms. The number of carbonyl (C=O) groups is 1. The Hall–Kier alpha value is -1.16. The third-order valence-corrected chi connectivity index (χ3v) is 5.60. The van der Waals surface area contributed by atoms with E-state index in [-0.39, 0.29) is 6.04 Å². The van der Waals surface area contributed by atoms with E-state index in [1.54, 1.807) is 24.3 Å². The van der Waals surface area contributed by atoms with Crippen LogP contribution in [0, 0.1) is 5.92 Å². The number of sulfonamides is 1. The number of hydrogen-bond acceptors (Lipinski definition) is 6. The maximum Gasteiger partial charge on any atom is 0.313 e. The van der Waals surface area contributed by atoms with Gasteiger partial charge in [-0.05, 0) is 24.6 Å². The normalized spacial score (nSPS) is 25.0. The molecule has 0 saturated carbocycles. The summed E-state index contributed by atoms with van der Waals surface area (Å²) in [6.45, 7) is 1.87. The predicted octanol–water partition coefficient (Wildman–Crippen LogP) is 1.19. The summed E-state index contributed by atoms with van der Waals surface area (Å²) in [5.41, 5.74) is 5.95. The summed E-state index contributed by atoms with van der Waals surface area (Å²) in [5, 5.41) is -1.11. The average molecular weight is 392 g/mol. The van der Waals surface area contributed by atoms with Crippen LogP contribution in [0.25, 0.3) is 0 Å². The molecule has 0 amide bonds. The van der Waals surface area contributed by atoms with E-state index >= 15 is 0 Å². The Morgan fingerprint density at radius 1 is 1.41 bits per heavy atom.